The van der Waals surface area contributed by atoms with Crippen LogP contribution in [-0.4, -0.2) is 5.91 Å². The molecule has 4 nitrogen and oxygen atoms in total. The Morgan fingerprint density at radius 2 is 1.85 bits per heavy atom. The lowest BCUT2D eigenvalue weighted by atomic mass is 10.1. The summed E-state index contributed by atoms with van der Waals surface area (Å²) in [6.45, 7) is 3.88. The highest BCUT2D eigenvalue weighted by Crippen LogP contribution is 2.26. The average molecular weight is 334 g/mol. The minimum absolute atomic E-state index is 0.150. The van der Waals surface area contributed by atoms with Crippen LogP contribution >= 0.6 is 15.9 Å². The smallest absolute Gasteiger partial charge is 0.255 e. The number of anilines is 2. The molecule has 0 unspecified atom stereocenters. The molecular formula is C15H16BrN3O. The van der Waals surface area contributed by atoms with E-state index in [1.165, 1.54) is 0 Å². The van der Waals surface area contributed by atoms with Crippen LogP contribution in [0.1, 0.15) is 21.5 Å². The number of carbonyl (C=O) groups excluding carboxylic acids is 1. The van der Waals surface area contributed by atoms with Crippen LogP contribution in [0, 0.1) is 13.8 Å². The van der Waals surface area contributed by atoms with Crippen LogP contribution in [-0.2, 0) is 0 Å². The van der Waals surface area contributed by atoms with Crippen LogP contribution in [0.15, 0.2) is 40.9 Å². The lowest BCUT2D eigenvalue weighted by Gasteiger charge is -2.11. The fourth-order valence-corrected chi connectivity index (χ4v) is 2.27. The first-order chi connectivity index (χ1) is 9.52. The van der Waals surface area contributed by atoms with Gasteiger partial charge in [0.2, 0.25) is 0 Å². The van der Waals surface area contributed by atoms with Gasteiger partial charge in [-0.05, 0) is 65.2 Å². The van der Waals surface area contributed by atoms with Gasteiger partial charge in [0.1, 0.15) is 0 Å². The summed E-state index contributed by atoms with van der Waals surface area (Å²) in [6, 6.07) is 11.1. The summed E-state index contributed by atoms with van der Waals surface area (Å²) in [5.41, 5.74) is 6.73. The van der Waals surface area contributed by atoms with E-state index in [1.807, 2.05) is 32.0 Å². The SMILES string of the molecule is Cc1cc(C(=O)Nc2cccc(C)c2Br)ccc1NN. The van der Waals surface area contributed by atoms with Crippen molar-refractivity contribution in [2.75, 3.05) is 10.7 Å². The third-order valence-corrected chi connectivity index (χ3v) is 4.14. The number of hydrogen-bond donors (Lipinski definition) is 3. The summed E-state index contributed by atoms with van der Waals surface area (Å²) >= 11 is 3.48. The normalized spacial score (nSPS) is 10.2. The van der Waals surface area contributed by atoms with Gasteiger partial charge in [-0.15, -0.1) is 0 Å². The predicted octanol–water partition coefficient (Wildman–Crippen LogP) is 3.60. The summed E-state index contributed by atoms with van der Waals surface area (Å²) in [6.07, 6.45) is 0. The Bertz CT molecular complexity index is 656. The van der Waals surface area contributed by atoms with Crippen molar-refractivity contribution < 1.29 is 4.79 Å². The molecule has 4 N–H and O–H groups in total. The Balaban J connectivity index is 2.24. The first kappa shape index (κ1) is 14.6. The largest absolute Gasteiger partial charge is 0.324 e. The summed E-state index contributed by atoms with van der Waals surface area (Å²) in [5.74, 6) is 5.23. The monoisotopic (exact) mass is 333 g/mol. The molecule has 1 amide bonds. The van der Waals surface area contributed by atoms with Crippen LogP contribution in [0.2, 0.25) is 0 Å². The number of nitrogens with one attached hydrogen (secondary N) is 2. The molecule has 0 aliphatic heterocycles. The van der Waals surface area contributed by atoms with Gasteiger partial charge in [-0.2, -0.15) is 0 Å². The highest BCUT2D eigenvalue weighted by Gasteiger charge is 2.10. The minimum Gasteiger partial charge on any atom is -0.324 e. The van der Waals surface area contributed by atoms with Crippen molar-refractivity contribution in [2.45, 2.75) is 13.8 Å². The van der Waals surface area contributed by atoms with Crippen molar-refractivity contribution >= 4 is 33.2 Å². The zero-order valence-electron chi connectivity index (χ0n) is 11.3. The topological polar surface area (TPSA) is 67.2 Å². The number of halogens is 1. The molecule has 0 heterocycles. The van der Waals surface area contributed by atoms with Gasteiger partial charge in [0.05, 0.1) is 11.4 Å². The van der Waals surface area contributed by atoms with Gasteiger partial charge in [-0.1, -0.05) is 12.1 Å². The van der Waals surface area contributed by atoms with Gasteiger partial charge in [0.25, 0.3) is 5.91 Å². The number of rotatable bonds is 3. The van der Waals surface area contributed by atoms with Gasteiger partial charge in [-0.25, -0.2) is 0 Å². The second-order valence-electron chi connectivity index (χ2n) is 4.56. The van der Waals surface area contributed by atoms with Crippen molar-refractivity contribution in [1.29, 1.82) is 0 Å². The highest BCUT2D eigenvalue weighted by atomic mass is 79.9. The van der Waals surface area contributed by atoms with Crippen LogP contribution in [0.4, 0.5) is 11.4 Å². The van der Waals surface area contributed by atoms with E-state index < -0.39 is 0 Å². The molecular weight excluding hydrogens is 318 g/mol. The molecule has 0 bridgehead atoms. The van der Waals surface area contributed by atoms with Gasteiger partial charge < -0.3 is 10.7 Å². The van der Waals surface area contributed by atoms with E-state index in [1.54, 1.807) is 18.2 Å². The first-order valence-corrected chi connectivity index (χ1v) is 6.96. The van der Waals surface area contributed by atoms with Crippen molar-refractivity contribution in [3.63, 3.8) is 0 Å². The molecule has 0 aliphatic carbocycles. The number of hydrogen-bond acceptors (Lipinski definition) is 3. The Labute approximate surface area is 126 Å². The summed E-state index contributed by atoms with van der Waals surface area (Å²) in [7, 11) is 0. The van der Waals surface area contributed by atoms with Crippen molar-refractivity contribution in [3.8, 4) is 0 Å². The van der Waals surface area contributed by atoms with Crippen LogP contribution in [0.5, 0.6) is 0 Å². The Hall–Kier alpha value is -1.85. The minimum atomic E-state index is -0.150. The average Bonchev–Trinajstić information content (AvgIpc) is 2.43. The second-order valence-corrected chi connectivity index (χ2v) is 5.36. The van der Waals surface area contributed by atoms with E-state index in [4.69, 9.17) is 5.84 Å². The number of benzene rings is 2. The van der Waals surface area contributed by atoms with Crippen molar-refractivity contribution in [3.05, 3.63) is 57.6 Å². The number of nitrogens with two attached hydrogens (primary N) is 1. The lowest BCUT2D eigenvalue weighted by Crippen LogP contribution is -2.14. The van der Waals surface area contributed by atoms with Crippen LogP contribution < -0.4 is 16.6 Å². The molecule has 0 aliphatic rings. The summed E-state index contributed by atoms with van der Waals surface area (Å²) in [5, 5.41) is 2.89. The van der Waals surface area contributed by atoms with Crippen LogP contribution in [0.25, 0.3) is 0 Å². The molecule has 0 saturated carbocycles. The van der Waals surface area contributed by atoms with E-state index >= 15 is 0 Å². The Morgan fingerprint density at radius 1 is 1.10 bits per heavy atom. The molecule has 2 aromatic carbocycles. The number of aryl methyl sites for hydroxylation is 2. The standard InChI is InChI=1S/C15H16BrN3O/c1-9-4-3-5-13(14(9)16)18-15(20)11-6-7-12(19-17)10(2)8-11/h3-8,19H,17H2,1-2H3,(H,18,20). The molecule has 0 saturated heterocycles. The molecule has 20 heavy (non-hydrogen) atoms. The third kappa shape index (κ3) is 3.00. The molecule has 0 spiro atoms. The molecule has 0 aromatic heterocycles. The summed E-state index contributed by atoms with van der Waals surface area (Å²) < 4.78 is 0.894. The zero-order valence-corrected chi connectivity index (χ0v) is 12.9. The number of carbonyl (C=O) groups is 1. The molecule has 0 fully saturated rings. The lowest BCUT2D eigenvalue weighted by molar-refractivity contribution is 0.102. The maximum atomic E-state index is 12.2. The van der Waals surface area contributed by atoms with E-state index in [9.17, 15) is 4.79 Å². The first-order valence-electron chi connectivity index (χ1n) is 6.16. The molecule has 5 heteroatoms. The predicted molar refractivity (Wildman–Crippen MR) is 85.8 cm³/mol. The number of hydrazine groups is 1. The third-order valence-electron chi connectivity index (χ3n) is 3.08. The second kappa shape index (κ2) is 6.07. The van der Waals surface area contributed by atoms with Gasteiger partial charge in [-0.3, -0.25) is 10.6 Å². The molecule has 2 rings (SSSR count). The highest BCUT2D eigenvalue weighted by molar-refractivity contribution is 9.10. The number of nitrogen functional groups attached to an aromatic ring is 1. The maximum Gasteiger partial charge on any atom is 0.255 e. The van der Waals surface area contributed by atoms with Crippen molar-refractivity contribution in [1.82, 2.24) is 0 Å². The van der Waals surface area contributed by atoms with Gasteiger partial charge in [0, 0.05) is 10.0 Å². The van der Waals surface area contributed by atoms with E-state index in [0.29, 0.717) is 5.56 Å². The van der Waals surface area contributed by atoms with E-state index in [2.05, 4.69) is 26.7 Å². The van der Waals surface area contributed by atoms with E-state index in [-0.39, 0.29) is 5.91 Å². The molecule has 104 valence electrons. The fraction of sp³-hybridized carbons (Fsp3) is 0.133. The Morgan fingerprint density at radius 3 is 2.50 bits per heavy atom. The van der Waals surface area contributed by atoms with Crippen LogP contribution in [0.3, 0.4) is 0 Å². The van der Waals surface area contributed by atoms with Crippen molar-refractivity contribution in [2.24, 2.45) is 5.84 Å². The zero-order chi connectivity index (χ0) is 14.7. The Kier molecular flexibility index (Phi) is 4.42. The summed E-state index contributed by atoms with van der Waals surface area (Å²) in [4.78, 5) is 12.2. The van der Waals surface area contributed by atoms with Gasteiger partial charge in [0.15, 0.2) is 0 Å². The maximum absolute atomic E-state index is 12.2. The van der Waals surface area contributed by atoms with E-state index in [0.717, 1.165) is 27.0 Å². The fourth-order valence-electron chi connectivity index (χ4n) is 1.91. The molecule has 0 atom stereocenters. The number of amides is 1. The quantitative estimate of drug-likeness (QED) is 0.593. The molecule has 0 radical (unpaired) electrons. The molecule has 2 aromatic rings. The van der Waals surface area contributed by atoms with Gasteiger partial charge >= 0.3 is 0 Å².